The Morgan fingerprint density at radius 2 is 0.947 bits per heavy atom. The second-order valence-electron chi connectivity index (χ2n) is 10.1. The Bertz CT molecular complexity index is 1990. The first-order valence-electron chi connectivity index (χ1n) is 13.1. The molecule has 0 saturated carbocycles. The molecule has 0 aromatic heterocycles. The summed E-state index contributed by atoms with van der Waals surface area (Å²) in [6.07, 6.45) is 4.45. The summed E-state index contributed by atoms with van der Waals surface area (Å²) in [7, 11) is 0. The van der Waals surface area contributed by atoms with Gasteiger partial charge in [0.05, 0.1) is 0 Å². The molecule has 0 unspecified atom stereocenters. The minimum absolute atomic E-state index is 0.724. The van der Waals surface area contributed by atoms with Crippen molar-refractivity contribution in [3.63, 3.8) is 0 Å². The van der Waals surface area contributed by atoms with Gasteiger partial charge >= 0.3 is 0 Å². The third kappa shape index (κ3) is 2.99. The fourth-order valence-electron chi connectivity index (χ4n) is 6.20. The zero-order valence-electron chi connectivity index (χ0n) is 20.8. The van der Waals surface area contributed by atoms with E-state index < -0.39 is 5.60 Å². The number of benzene rings is 7. The molecule has 0 radical (unpaired) electrons. The van der Waals surface area contributed by atoms with Crippen molar-refractivity contribution in [1.29, 1.82) is 0 Å². The van der Waals surface area contributed by atoms with E-state index >= 15 is 0 Å². The van der Waals surface area contributed by atoms with E-state index in [0.29, 0.717) is 0 Å². The van der Waals surface area contributed by atoms with Crippen LogP contribution in [0.5, 0.6) is 5.75 Å². The number of hydrogen-bond donors (Lipinski definition) is 0. The molecule has 1 aliphatic rings. The zero-order valence-corrected chi connectivity index (χ0v) is 20.8. The molecule has 8 rings (SSSR count). The molecule has 0 bridgehead atoms. The van der Waals surface area contributed by atoms with Gasteiger partial charge < -0.3 is 4.74 Å². The maximum atomic E-state index is 7.29. The topological polar surface area (TPSA) is 9.23 Å². The molecular formula is C37H24O. The highest BCUT2D eigenvalue weighted by atomic mass is 16.5. The normalized spacial score (nSPS) is 14.1. The van der Waals surface area contributed by atoms with E-state index in [1.165, 1.54) is 43.1 Å². The zero-order chi connectivity index (χ0) is 25.1. The Morgan fingerprint density at radius 3 is 1.63 bits per heavy atom. The summed E-state index contributed by atoms with van der Waals surface area (Å²) < 4.78 is 7.29. The van der Waals surface area contributed by atoms with E-state index in [0.717, 1.165) is 22.4 Å². The molecule has 0 spiro atoms. The summed E-state index contributed by atoms with van der Waals surface area (Å²) in [6.45, 7) is 0. The van der Waals surface area contributed by atoms with E-state index in [9.17, 15) is 0 Å². The van der Waals surface area contributed by atoms with Gasteiger partial charge in [0.15, 0.2) is 5.60 Å². The van der Waals surface area contributed by atoms with Crippen LogP contribution in [0.2, 0.25) is 0 Å². The lowest BCUT2D eigenvalue weighted by Gasteiger charge is -2.36. The van der Waals surface area contributed by atoms with Crippen LogP contribution >= 0.6 is 0 Å². The molecule has 1 heterocycles. The summed E-state index contributed by atoms with van der Waals surface area (Å²) in [5.41, 5.74) is 2.60. The summed E-state index contributed by atoms with van der Waals surface area (Å²) in [6, 6.07) is 47.6. The average Bonchev–Trinajstić information content (AvgIpc) is 3.00. The van der Waals surface area contributed by atoms with Crippen LogP contribution in [-0.2, 0) is 5.60 Å². The van der Waals surface area contributed by atoms with E-state index in [2.05, 4.69) is 146 Å². The average molecular weight is 485 g/mol. The fraction of sp³-hybridized carbons (Fsp3) is 0.0270. The van der Waals surface area contributed by atoms with Crippen LogP contribution in [0.25, 0.3) is 49.2 Å². The van der Waals surface area contributed by atoms with Crippen LogP contribution in [0.15, 0.2) is 140 Å². The van der Waals surface area contributed by atoms with E-state index in [1.54, 1.807) is 0 Å². The van der Waals surface area contributed by atoms with Gasteiger partial charge in [0, 0.05) is 27.5 Å². The number of rotatable bonds is 2. The Kier molecular flexibility index (Phi) is 4.50. The van der Waals surface area contributed by atoms with Crippen molar-refractivity contribution in [2.45, 2.75) is 5.60 Å². The van der Waals surface area contributed by atoms with Crippen molar-refractivity contribution in [3.05, 3.63) is 156 Å². The Labute approximate surface area is 221 Å². The summed E-state index contributed by atoms with van der Waals surface area (Å²) in [4.78, 5) is 0. The molecule has 7 aromatic rings. The lowest BCUT2D eigenvalue weighted by molar-refractivity contribution is 0.164. The molecule has 0 fully saturated rings. The fourth-order valence-corrected chi connectivity index (χ4v) is 6.20. The summed E-state index contributed by atoms with van der Waals surface area (Å²) in [5, 5.41) is 9.86. The first kappa shape index (κ1) is 21.2. The van der Waals surface area contributed by atoms with Crippen molar-refractivity contribution >= 4 is 49.2 Å². The highest BCUT2D eigenvalue weighted by Crippen LogP contribution is 2.48. The van der Waals surface area contributed by atoms with Gasteiger partial charge in [-0.25, -0.2) is 0 Å². The smallest absolute Gasteiger partial charge is 0.178 e. The molecule has 38 heavy (non-hydrogen) atoms. The molecule has 0 saturated heterocycles. The first-order valence-corrected chi connectivity index (χ1v) is 13.1. The molecule has 0 aliphatic carbocycles. The van der Waals surface area contributed by atoms with Crippen molar-refractivity contribution < 1.29 is 4.74 Å². The number of fused-ring (bicyclic) bond motifs is 9. The van der Waals surface area contributed by atoms with Gasteiger partial charge in [-0.05, 0) is 38.4 Å². The quantitative estimate of drug-likeness (QED) is 0.222. The van der Waals surface area contributed by atoms with Crippen molar-refractivity contribution in [2.75, 3.05) is 0 Å². The minimum atomic E-state index is -0.724. The standard InChI is InChI=1S/C37H24O/c1-3-10-30(11-4-1)37(31-12-5-2-6-13-31)24-23-29-22-21-28-20-19-27-18-17-26-16-15-25-9-7-8-14-32(25)33(26)34(27)35(28)36(29)38-37/h1-24H. The number of ether oxygens (including phenoxy) is 1. The van der Waals surface area contributed by atoms with Crippen molar-refractivity contribution in [2.24, 2.45) is 0 Å². The molecule has 1 aliphatic heterocycles. The van der Waals surface area contributed by atoms with Gasteiger partial charge in [0.25, 0.3) is 0 Å². The van der Waals surface area contributed by atoms with Crippen LogP contribution in [0, 0.1) is 0 Å². The lowest BCUT2D eigenvalue weighted by Crippen LogP contribution is -2.34. The van der Waals surface area contributed by atoms with Gasteiger partial charge in [0.2, 0.25) is 0 Å². The maximum Gasteiger partial charge on any atom is 0.178 e. The molecule has 0 N–H and O–H groups in total. The predicted octanol–water partition coefficient (Wildman–Crippen LogP) is 9.65. The first-order chi connectivity index (χ1) is 18.8. The van der Waals surface area contributed by atoms with E-state index in [4.69, 9.17) is 4.74 Å². The Hall–Kier alpha value is -4.88. The minimum Gasteiger partial charge on any atom is -0.472 e. The van der Waals surface area contributed by atoms with Gasteiger partial charge in [-0.3, -0.25) is 0 Å². The van der Waals surface area contributed by atoms with Crippen LogP contribution in [0.3, 0.4) is 0 Å². The monoisotopic (exact) mass is 484 g/mol. The molecule has 178 valence electrons. The van der Waals surface area contributed by atoms with Gasteiger partial charge in [-0.15, -0.1) is 0 Å². The van der Waals surface area contributed by atoms with Crippen molar-refractivity contribution in [3.8, 4) is 5.75 Å². The third-order valence-electron chi connectivity index (χ3n) is 8.02. The molecule has 1 heteroatoms. The molecular weight excluding hydrogens is 460 g/mol. The van der Waals surface area contributed by atoms with Crippen LogP contribution in [0.4, 0.5) is 0 Å². The van der Waals surface area contributed by atoms with Gasteiger partial charge in [0.1, 0.15) is 5.75 Å². The number of hydrogen-bond acceptors (Lipinski definition) is 1. The third-order valence-corrected chi connectivity index (χ3v) is 8.02. The largest absolute Gasteiger partial charge is 0.472 e. The molecule has 7 aromatic carbocycles. The molecule has 0 atom stereocenters. The second-order valence-corrected chi connectivity index (χ2v) is 10.1. The Balaban J connectivity index is 1.52. The highest BCUT2D eigenvalue weighted by Gasteiger charge is 2.37. The van der Waals surface area contributed by atoms with E-state index in [-0.39, 0.29) is 0 Å². The van der Waals surface area contributed by atoms with Gasteiger partial charge in [-0.1, -0.05) is 140 Å². The van der Waals surface area contributed by atoms with Gasteiger partial charge in [-0.2, -0.15) is 0 Å². The highest BCUT2D eigenvalue weighted by molar-refractivity contribution is 6.28. The van der Waals surface area contributed by atoms with Crippen LogP contribution in [-0.4, -0.2) is 0 Å². The SMILES string of the molecule is C1=CC(c2ccccc2)(c2ccccc2)Oc2c1ccc1ccc3ccc4ccc5ccccc5c4c3c21. The summed E-state index contributed by atoms with van der Waals surface area (Å²) >= 11 is 0. The lowest BCUT2D eigenvalue weighted by atomic mass is 9.83. The van der Waals surface area contributed by atoms with E-state index in [1.807, 2.05) is 0 Å². The van der Waals surface area contributed by atoms with Crippen LogP contribution in [0.1, 0.15) is 16.7 Å². The summed E-state index contributed by atoms with van der Waals surface area (Å²) in [5.74, 6) is 0.934. The maximum absolute atomic E-state index is 7.29. The van der Waals surface area contributed by atoms with Crippen molar-refractivity contribution in [1.82, 2.24) is 0 Å². The van der Waals surface area contributed by atoms with Crippen LogP contribution < -0.4 is 4.74 Å². The molecule has 0 amide bonds. The second kappa shape index (κ2) is 8.06. The molecule has 1 nitrogen and oxygen atoms in total. The predicted molar refractivity (Wildman–Crippen MR) is 160 cm³/mol. The Morgan fingerprint density at radius 1 is 0.421 bits per heavy atom.